The number of esters is 1. The number of nitrogens with zero attached hydrogens (tertiary/aromatic N) is 1. The highest BCUT2D eigenvalue weighted by atomic mass is 16.5. The van der Waals surface area contributed by atoms with Gasteiger partial charge in [-0.3, -0.25) is 9.69 Å². The van der Waals surface area contributed by atoms with Crippen LogP contribution < -0.4 is 0 Å². The molecule has 3 fully saturated rings. The molecule has 0 spiro atoms. The van der Waals surface area contributed by atoms with E-state index in [4.69, 9.17) is 4.74 Å². The molecule has 0 aromatic rings. The van der Waals surface area contributed by atoms with Crippen LogP contribution >= 0.6 is 0 Å². The quantitative estimate of drug-likeness (QED) is 0.569. The molecule has 2 atom stereocenters. The number of piperidine rings is 3. The summed E-state index contributed by atoms with van der Waals surface area (Å²) in [6, 6.07) is 0.427. The Kier molecular flexibility index (Phi) is 2.28. The van der Waals surface area contributed by atoms with E-state index in [0.29, 0.717) is 12.0 Å². The summed E-state index contributed by atoms with van der Waals surface area (Å²) in [6.07, 6.45) is 2.55. The molecule has 3 saturated heterocycles. The number of ether oxygens (including phenoxy) is 1. The van der Waals surface area contributed by atoms with Gasteiger partial charge in [0.05, 0.1) is 0 Å². The van der Waals surface area contributed by atoms with Gasteiger partial charge in [-0.05, 0) is 38.8 Å². The zero-order valence-electron chi connectivity index (χ0n) is 8.32. The van der Waals surface area contributed by atoms with E-state index in [2.05, 4.69) is 11.8 Å². The summed E-state index contributed by atoms with van der Waals surface area (Å²) in [6.45, 7) is 6.04. The van der Waals surface area contributed by atoms with E-state index in [-0.39, 0.29) is 12.1 Å². The van der Waals surface area contributed by atoms with Crippen molar-refractivity contribution in [2.24, 2.45) is 5.92 Å². The molecule has 0 aliphatic carbocycles. The minimum Gasteiger partial charge on any atom is -0.461 e. The van der Waals surface area contributed by atoms with Crippen LogP contribution in [0.25, 0.3) is 0 Å². The van der Waals surface area contributed by atoms with E-state index >= 15 is 0 Å². The molecule has 2 unspecified atom stereocenters. The number of hydrogen-bond acceptors (Lipinski definition) is 3. The third kappa shape index (κ3) is 1.57. The molecule has 3 nitrogen and oxygen atoms in total. The number of carbonyl (C=O) groups is 1. The summed E-state index contributed by atoms with van der Waals surface area (Å²) < 4.78 is 5.36. The monoisotopic (exact) mass is 183 g/mol. The van der Waals surface area contributed by atoms with Crippen LogP contribution in [-0.2, 0) is 9.53 Å². The third-order valence-electron chi connectivity index (χ3n) is 3.39. The lowest BCUT2D eigenvalue weighted by molar-refractivity contribution is -0.162. The van der Waals surface area contributed by atoms with Gasteiger partial charge in [0, 0.05) is 13.0 Å². The second-order valence-electron chi connectivity index (χ2n) is 4.19. The maximum absolute atomic E-state index is 10.9. The summed E-state index contributed by atoms with van der Waals surface area (Å²) in [5.41, 5.74) is 0. The van der Waals surface area contributed by atoms with Gasteiger partial charge < -0.3 is 4.74 Å². The van der Waals surface area contributed by atoms with Crippen LogP contribution in [0.4, 0.5) is 0 Å². The Hall–Kier alpha value is -0.570. The Morgan fingerprint density at radius 1 is 1.38 bits per heavy atom. The molecule has 3 aliphatic heterocycles. The predicted molar refractivity (Wildman–Crippen MR) is 49.3 cm³/mol. The first-order valence-corrected chi connectivity index (χ1v) is 5.10. The molecular weight excluding hydrogens is 166 g/mol. The zero-order valence-corrected chi connectivity index (χ0v) is 8.32. The molecular formula is C10H17NO2. The first-order chi connectivity index (χ1) is 6.18. The molecule has 0 N–H and O–H groups in total. The molecule has 3 heteroatoms. The molecule has 0 radical (unpaired) electrons. The van der Waals surface area contributed by atoms with Crippen LogP contribution in [0.5, 0.6) is 0 Å². The second-order valence-corrected chi connectivity index (χ2v) is 4.19. The molecule has 74 valence electrons. The van der Waals surface area contributed by atoms with E-state index in [9.17, 15) is 4.79 Å². The van der Waals surface area contributed by atoms with Crippen LogP contribution in [-0.4, -0.2) is 36.1 Å². The molecule has 3 rings (SSSR count). The van der Waals surface area contributed by atoms with Crippen LogP contribution in [0.2, 0.25) is 0 Å². The van der Waals surface area contributed by atoms with Crippen LogP contribution in [0.3, 0.4) is 0 Å². The average Bonchev–Trinajstić information content (AvgIpc) is 2.11. The molecule has 0 aromatic carbocycles. The van der Waals surface area contributed by atoms with Crippen molar-refractivity contribution in [3.05, 3.63) is 0 Å². The van der Waals surface area contributed by atoms with E-state index < -0.39 is 0 Å². The van der Waals surface area contributed by atoms with Crippen molar-refractivity contribution in [3.63, 3.8) is 0 Å². The maximum atomic E-state index is 10.9. The highest BCUT2D eigenvalue weighted by Gasteiger charge is 2.41. The van der Waals surface area contributed by atoms with E-state index in [0.717, 1.165) is 0 Å². The fourth-order valence-corrected chi connectivity index (χ4v) is 2.64. The Labute approximate surface area is 79.0 Å². The summed E-state index contributed by atoms with van der Waals surface area (Å²) >= 11 is 0. The highest BCUT2D eigenvalue weighted by molar-refractivity contribution is 5.66. The van der Waals surface area contributed by atoms with E-state index in [1.54, 1.807) is 0 Å². The summed E-state index contributed by atoms with van der Waals surface area (Å²) in [7, 11) is 0. The van der Waals surface area contributed by atoms with Crippen LogP contribution in [0, 0.1) is 5.92 Å². The normalized spacial score (nSPS) is 43.2. The molecule has 13 heavy (non-hydrogen) atoms. The Morgan fingerprint density at radius 3 is 2.46 bits per heavy atom. The molecule has 2 bridgehead atoms. The predicted octanol–water partition coefficient (Wildman–Crippen LogP) is 1.03. The van der Waals surface area contributed by atoms with Crippen LogP contribution in [0.15, 0.2) is 0 Å². The van der Waals surface area contributed by atoms with Gasteiger partial charge in [0.1, 0.15) is 6.10 Å². The Balaban J connectivity index is 2.05. The minimum absolute atomic E-state index is 0.134. The average molecular weight is 183 g/mol. The molecule has 0 aromatic heterocycles. The van der Waals surface area contributed by atoms with E-state index in [1.165, 1.54) is 32.9 Å². The lowest BCUT2D eigenvalue weighted by atomic mass is 9.81. The Bertz CT molecular complexity index is 207. The first kappa shape index (κ1) is 9.00. The highest BCUT2D eigenvalue weighted by Crippen LogP contribution is 2.33. The molecule has 3 heterocycles. The lowest BCUT2D eigenvalue weighted by Crippen LogP contribution is -2.57. The zero-order chi connectivity index (χ0) is 9.42. The largest absolute Gasteiger partial charge is 0.461 e. The SMILES string of the molecule is CC(=O)OC1C2CCN(CC2)C1C. The third-order valence-corrected chi connectivity index (χ3v) is 3.39. The topological polar surface area (TPSA) is 29.5 Å². The number of carbonyl (C=O) groups excluding carboxylic acids is 1. The number of rotatable bonds is 1. The maximum Gasteiger partial charge on any atom is 0.302 e. The number of fused-ring (bicyclic) bond motifs is 3. The van der Waals surface area contributed by atoms with Gasteiger partial charge in [0.2, 0.25) is 0 Å². The van der Waals surface area contributed by atoms with Crippen molar-refractivity contribution in [1.29, 1.82) is 0 Å². The lowest BCUT2D eigenvalue weighted by Gasteiger charge is -2.48. The summed E-state index contributed by atoms with van der Waals surface area (Å²) in [4.78, 5) is 13.3. The van der Waals surface area contributed by atoms with Gasteiger partial charge in [-0.25, -0.2) is 0 Å². The minimum atomic E-state index is -0.134. The smallest absolute Gasteiger partial charge is 0.302 e. The fraction of sp³-hybridized carbons (Fsp3) is 0.900. The van der Waals surface area contributed by atoms with Crippen molar-refractivity contribution in [2.75, 3.05) is 13.1 Å². The van der Waals surface area contributed by atoms with Crippen molar-refractivity contribution < 1.29 is 9.53 Å². The van der Waals surface area contributed by atoms with Crippen molar-refractivity contribution >= 4 is 5.97 Å². The fourth-order valence-electron chi connectivity index (χ4n) is 2.64. The second kappa shape index (κ2) is 3.29. The van der Waals surface area contributed by atoms with Gasteiger partial charge in [-0.1, -0.05) is 0 Å². The van der Waals surface area contributed by atoms with E-state index in [1.807, 2.05) is 0 Å². The van der Waals surface area contributed by atoms with Gasteiger partial charge >= 0.3 is 5.97 Å². The standard InChI is InChI=1S/C10H17NO2/c1-7-10(13-8(2)12)9-3-5-11(7)6-4-9/h7,9-10H,3-6H2,1-2H3. The molecule has 0 amide bonds. The molecule has 3 aliphatic rings. The van der Waals surface area contributed by atoms with Crippen LogP contribution in [0.1, 0.15) is 26.7 Å². The van der Waals surface area contributed by atoms with Gasteiger partial charge in [-0.15, -0.1) is 0 Å². The Morgan fingerprint density at radius 2 is 2.00 bits per heavy atom. The summed E-state index contributed by atoms with van der Waals surface area (Å²) in [5, 5.41) is 0. The number of hydrogen-bond donors (Lipinski definition) is 0. The van der Waals surface area contributed by atoms with Gasteiger partial charge in [0.15, 0.2) is 0 Å². The molecule has 0 saturated carbocycles. The van der Waals surface area contributed by atoms with Crippen molar-refractivity contribution in [3.8, 4) is 0 Å². The van der Waals surface area contributed by atoms with Gasteiger partial charge in [0.25, 0.3) is 0 Å². The first-order valence-electron chi connectivity index (χ1n) is 5.10. The van der Waals surface area contributed by atoms with Crippen molar-refractivity contribution in [2.45, 2.75) is 38.8 Å². The van der Waals surface area contributed by atoms with Gasteiger partial charge in [-0.2, -0.15) is 0 Å². The summed E-state index contributed by atoms with van der Waals surface area (Å²) in [5.74, 6) is 0.481. The van der Waals surface area contributed by atoms with Crippen molar-refractivity contribution in [1.82, 2.24) is 4.90 Å².